The Balaban J connectivity index is 0.000000446. The fraction of sp³-hybridized carbons (Fsp3) is 0.684. The van der Waals surface area contributed by atoms with E-state index in [1.54, 1.807) is 0 Å². The summed E-state index contributed by atoms with van der Waals surface area (Å²) in [5.41, 5.74) is -0.608. The molecule has 0 fully saturated rings. The van der Waals surface area contributed by atoms with E-state index in [2.05, 4.69) is 42.0 Å². The van der Waals surface area contributed by atoms with Crippen molar-refractivity contribution in [3.63, 3.8) is 0 Å². The van der Waals surface area contributed by atoms with Gasteiger partial charge in [-0.3, -0.25) is 0 Å². The van der Waals surface area contributed by atoms with E-state index in [1.807, 2.05) is 0 Å². The van der Waals surface area contributed by atoms with Crippen LogP contribution in [-0.4, -0.2) is 40.8 Å². The maximum atomic E-state index is 11.9. The van der Waals surface area contributed by atoms with Crippen LogP contribution in [0, 0.1) is 0 Å². The summed E-state index contributed by atoms with van der Waals surface area (Å²) in [6.07, 6.45) is 3.87. The number of hydrogen-bond acceptors (Lipinski definition) is 1. The second-order valence-corrected chi connectivity index (χ2v) is 6.69. The van der Waals surface area contributed by atoms with Crippen molar-refractivity contribution in [2.24, 2.45) is 0 Å². The van der Waals surface area contributed by atoms with E-state index in [9.17, 15) is 13.2 Å². The van der Waals surface area contributed by atoms with Gasteiger partial charge < -0.3 is 4.90 Å². The fourth-order valence-electron chi connectivity index (χ4n) is 2.15. The van der Waals surface area contributed by atoms with E-state index < -0.39 is 11.7 Å². The van der Waals surface area contributed by atoms with Crippen LogP contribution >= 0.6 is 0 Å². The van der Waals surface area contributed by atoms with Gasteiger partial charge in [-0.25, -0.2) is 0 Å². The van der Waals surface area contributed by atoms with Crippen LogP contribution in [0.2, 0.25) is 0 Å². The standard InChI is InChI=1S/C12H27N.C7H4F3.Al/c1-4-7-10-13(11-8-5-2)12-9-6-3;8-7(9,10)6-4-2-1-3-5-6;/h4-12H2,1-3H3;2-5H;/q;;+2. The predicted molar refractivity (Wildman–Crippen MR) is 98.0 cm³/mol. The average molecular weight is 357 g/mol. The summed E-state index contributed by atoms with van der Waals surface area (Å²) in [4.78, 5) is 2.64. The van der Waals surface area contributed by atoms with E-state index in [0.29, 0.717) is 0 Å². The van der Waals surface area contributed by atoms with Gasteiger partial charge in [-0.15, -0.1) is 0 Å². The van der Waals surface area contributed by atoms with Gasteiger partial charge in [0.15, 0.2) is 0 Å². The van der Waals surface area contributed by atoms with Gasteiger partial charge in [0.25, 0.3) is 0 Å². The Hall–Kier alpha value is -0.498. The Labute approximate surface area is 154 Å². The summed E-state index contributed by atoms with van der Waals surface area (Å²) in [6.45, 7) is 10.8. The Bertz CT molecular complexity index is 385. The molecule has 0 bridgehead atoms. The third-order valence-electron chi connectivity index (χ3n) is 3.72. The first-order valence-corrected chi connectivity index (χ1v) is 9.57. The van der Waals surface area contributed by atoms with Gasteiger partial charge in [0.1, 0.15) is 0 Å². The molecule has 0 aromatic heterocycles. The SMILES string of the molecule is CCCCN(CCCC)CCCC.FC(F)(F)c1cc[c]([Al+2])cc1. The number of rotatable bonds is 9. The van der Waals surface area contributed by atoms with Crippen LogP contribution in [0.3, 0.4) is 0 Å². The molecule has 0 heterocycles. The summed E-state index contributed by atoms with van der Waals surface area (Å²) >= 11 is 2.33. The van der Waals surface area contributed by atoms with E-state index >= 15 is 0 Å². The summed E-state index contributed by atoms with van der Waals surface area (Å²) < 4.78 is 36.5. The molecule has 0 atom stereocenters. The number of alkyl halides is 3. The summed E-state index contributed by atoms with van der Waals surface area (Å²) in [6, 6.07) is 4.94. The van der Waals surface area contributed by atoms with Crippen LogP contribution in [0.15, 0.2) is 24.3 Å². The second kappa shape index (κ2) is 13.8. The first-order chi connectivity index (χ1) is 11.3. The van der Waals surface area contributed by atoms with Gasteiger partial charge in [0, 0.05) is 0 Å². The Kier molecular flexibility index (Phi) is 13.5. The number of hydrogen-bond donors (Lipinski definition) is 0. The minimum absolute atomic E-state index is 0.608. The maximum absolute atomic E-state index is 11.9. The molecule has 0 spiro atoms. The molecular weight excluding hydrogens is 326 g/mol. The predicted octanol–water partition coefficient (Wildman–Crippen LogP) is 5.19. The van der Waals surface area contributed by atoms with Gasteiger partial charge in [-0.2, -0.15) is 0 Å². The molecule has 1 rings (SSSR count). The molecule has 0 radical (unpaired) electrons. The Morgan fingerprint density at radius 3 is 1.46 bits per heavy atom. The van der Waals surface area contributed by atoms with Crippen LogP contribution in [0.4, 0.5) is 13.2 Å². The third kappa shape index (κ3) is 11.9. The number of nitrogens with zero attached hydrogens (tertiary/aromatic N) is 1. The summed E-state index contributed by atoms with van der Waals surface area (Å²) in [5.74, 6) is 0. The van der Waals surface area contributed by atoms with Gasteiger partial charge in [0.05, 0.1) is 0 Å². The van der Waals surface area contributed by atoms with E-state index in [4.69, 9.17) is 0 Å². The second-order valence-electron chi connectivity index (χ2n) is 6.02. The molecule has 0 unspecified atom stereocenters. The molecule has 0 saturated carbocycles. The van der Waals surface area contributed by atoms with Gasteiger partial charge in [-0.1, -0.05) is 40.0 Å². The van der Waals surface area contributed by atoms with Crippen LogP contribution in [0.1, 0.15) is 64.9 Å². The third-order valence-corrected chi connectivity index (χ3v) is 4.11. The van der Waals surface area contributed by atoms with Crippen molar-refractivity contribution in [1.29, 1.82) is 0 Å². The van der Waals surface area contributed by atoms with E-state index in [0.717, 1.165) is 16.6 Å². The van der Waals surface area contributed by atoms with Crippen molar-refractivity contribution in [2.45, 2.75) is 65.5 Å². The van der Waals surface area contributed by atoms with Crippen molar-refractivity contribution in [1.82, 2.24) is 4.90 Å². The fourth-order valence-corrected chi connectivity index (χ4v) is 2.35. The van der Waals surface area contributed by atoms with Gasteiger partial charge in [-0.05, 0) is 38.9 Å². The van der Waals surface area contributed by atoms with Crippen LogP contribution in [0.5, 0.6) is 0 Å². The van der Waals surface area contributed by atoms with Crippen molar-refractivity contribution in [2.75, 3.05) is 19.6 Å². The zero-order chi connectivity index (χ0) is 18.4. The number of halogens is 3. The molecule has 24 heavy (non-hydrogen) atoms. The monoisotopic (exact) mass is 357 g/mol. The average Bonchev–Trinajstić information content (AvgIpc) is 2.54. The van der Waals surface area contributed by atoms with E-state index in [-0.39, 0.29) is 0 Å². The van der Waals surface area contributed by atoms with Crippen molar-refractivity contribution in [3.05, 3.63) is 29.8 Å². The molecule has 0 aliphatic rings. The zero-order valence-corrected chi connectivity index (χ0v) is 16.5. The Morgan fingerprint density at radius 2 is 1.17 bits per heavy atom. The Morgan fingerprint density at radius 1 is 0.792 bits per heavy atom. The molecular formula is C19H31AlF3N+2. The summed E-state index contributed by atoms with van der Waals surface area (Å²) in [5, 5.41) is 0. The normalized spacial score (nSPS) is 11.4. The first kappa shape index (κ1) is 23.5. The molecule has 1 aromatic rings. The quantitative estimate of drug-likeness (QED) is 0.550. The molecule has 5 heteroatoms. The molecule has 1 aromatic carbocycles. The van der Waals surface area contributed by atoms with Crippen molar-refractivity contribution >= 4 is 20.7 Å². The van der Waals surface area contributed by atoms with Gasteiger partial charge >= 0.3 is 69.9 Å². The number of unbranched alkanes of at least 4 members (excludes halogenated alkanes) is 3. The number of benzene rings is 1. The molecule has 0 saturated heterocycles. The molecule has 134 valence electrons. The summed E-state index contributed by atoms with van der Waals surface area (Å²) in [7, 11) is 0. The van der Waals surface area contributed by atoms with Gasteiger partial charge in [0.2, 0.25) is 0 Å². The topological polar surface area (TPSA) is 3.24 Å². The van der Waals surface area contributed by atoms with Crippen molar-refractivity contribution in [3.8, 4) is 0 Å². The minimum atomic E-state index is -4.22. The van der Waals surface area contributed by atoms with Crippen molar-refractivity contribution < 1.29 is 13.2 Å². The molecule has 0 N–H and O–H groups in total. The van der Waals surface area contributed by atoms with Crippen LogP contribution in [0.25, 0.3) is 0 Å². The first-order valence-electron chi connectivity index (χ1n) is 9.00. The molecule has 0 aliphatic heterocycles. The zero-order valence-electron chi connectivity index (χ0n) is 15.3. The molecule has 0 amide bonds. The van der Waals surface area contributed by atoms with Crippen LogP contribution < -0.4 is 4.43 Å². The molecule has 0 aliphatic carbocycles. The van der Waals surface area contributed by atoms with Crippen LogP contribution in [-0.2, 0) is 6.18 Å². The van der Waals surface area contributed by atoms with E-state index in [1.165, 1.54) is 70.3 Å². The molecule has 1 nitrogen and oxygen atoms in total.